The molecule has 1 aliphatic heterocycles. The van der Waals surface area contributed by atoms with Crippen molar-refractivity contribution in [3.8, 4) is 5.75 Å². The van der Waals surface area contributed by atoms with Crippen molar-refractivity contribution in [1.82, 2.24) is 0 Å². The summed E-state index contributed by atoms with van der Waals surface area (Å²) in [5.41, 5.74) is 2.98. The second-order valence-electron chi connectivity index (χ2n) is 7.92. The Morgan fingerprint density at radius 1 is 1.00 bits per heavy atom. The van der Waals surface area contributed by atoms with Crippen LogP contribution in [0.1, 0.15) is 28.3 Å². The van der Waals surface area contributed by atoms with Crippen molar-refractivity contribution < 1.29 is 23.8 Å². The van der Waals surface area contributed by atoms with Crippen molar-refractivity contribution in [2.75, 3.05) is 12.0 Å². The highest BCUT2D eigenvalue weighted by Crippen LogP contribution is 2.43. The Hall–Kier alpha value is -3.64. The zero-order valence-corrected chi connectivity index (χ0v) is 19.0. The van der Waals surface area contributed by atoms with Gasteiger partial charge in [0.15, 0.2) is 0 Å². The lowest BCUT2D eigenvalue weighted by Crippen LogP contribution is -2.29. The standard InChI is InChI=1S/C26H21ClFNO4/c1-14-10-15(2)12-19(11-14)29-23(16-4-7-18(28)8-5-16)22(25(31)26(29)32)24(30)17-6-9-20(27)21(13-17)33-3/h4-13,23,30H,1-3H3/b24-22-. The van der Waals surface area contributed by atoms with Gasteiger partial charge in [-0.2, -0.15) is 0 Å². The first-order valence-corrected chi connectivity index (χ1v) is 10.6. The molecule has 0 saturated carbocycles. The first-order valence-electron chi connectivity index (χ1n) is 10.2. The molecule has 0 spiro atoms. The summed E-state index contributed by atoms with van der Waals surface area (Å²) in [7, 11) is 1.43. The lowest BCUT2D eigenvalue weighted by molar-refractivity contribution is -0.132. The lowest BCUT2D eigenvalue weighted by atomic mass is 9.95. The molecule has 1 unspecified atom stereocenters. The molecule has 1 heterocycles. The molecule has 1 N–H and O–H groups in total. The molecule has 3 aromatic carbocycles. The van der Waals surface area contributed by atoms with Gasteiger partial charge in [0.05, 0.1) is 23.7 Å². The fourth-order valence-corrected chi connectivity index (χ4v) is 4.31. The highest BCUT2D eigenvalue weighted by molar-refractivity contribution is 6.51. The summed E-state index contributed by atoms with van der Waals surface area (Å²) >= 11 is 6.10. The van der Waals surface area contributed by atoms with Crippen LogP contribution in [0.3, 0.4) is 0 Å². The topological polar surface area (TPSA) is 66.8 Å². The van der Waals surface area contributed by atoms with E-state index >= 15 is 0 Å². The smallest absolute Gasteiger partial charge is 0.300 e. The van der Waals surface area contributed by atoms with Crippen LogP contribution < -0.4 is 9.64 Å². The molecule has 1 aliphatic rings. The minimum Gasteiger partial charge on any atom is -0.507 e. The Morgan fingerprint density at radius 3 is 2.24 bits per heavy atom. The average molecular weight is 466 g/mol. The van der Waals surface area contributed by atoms with Crippen LogP contribution >= 0.6 is 11.6 Å². The third-order valence-electron chi connectivity index (χ3n) is 5.54. The number of benzene rings is 3. The minimum absolute atomic E-state index is 0.102. The molecule has 7 heteroatoms. The molecule has 5 nitrogen and oxygen atoms in total. The monoisotopic (exact) mass is 465 g/mol. The van der Waals surface area contributed by atoms with Gasteiger partial charge in [0.2, 0.25) is 0 Å². The molecule has 1 saturated heterocycles. The van der Waals surface area contributed by atoms with E-state index in [4.69, 9.17) is 16.3 Å². The largest absolute Gasteiger partial charge is 0.507 e. The summed E-state index contributed by atoms with van der Waals surface area (Å²) in [6.07, 6.45) is 0. The Bertz CT molecular complexity index is 1280. The molecule has 33 heavy (non-hydrogen) atoms. The number of Topliss-reactive ketones (excluding diaryl/α,β-unsaturated/α-hetero) is 1. The van der Waals surface area contributed by atoms with Gasteiger partial charge < -0.3 is 9.84 Å². The second kappa shape index (κ2) is 8.71. The average Bonchev–Trinajstić information content (AvgIpc) is 3.04. The molecule has 0 bridgehead atoms. The number of carbonyl (C=O) groups excluding carboxylic acids is 2. The van der Waals surface area contributed by atoms with E-state index < -0.39 is 23.5 Å². The van der Waals surface area contributed by atoms with Gasteiger partial charge in [-0.15, -0.1) is 0 Å². The highest BCUT2D eigenvalue weighted by Gasteiger charge is 2.47. The van der Waals surface area contributed by atoms with Crippen LogP contribution in [-0.4, -0.2) is 23.9 Å². The van der Waals surface area contributed by atoms with Crippen molar-refractivity contribution in [2.45, 2.75) is 19.9 Å². The van der Waals surface area contributed by atoms with E-state index in [0.29, 0.717) is 22.0 Å². The van der Waals surface area contributed by atoms with Gasteiger partial charge in [-0.1, -0.05) is 29.8 Å². The molecule has 0 radical (unpaired) electrons. The summed E-state index contributed by atoms with van der Waals surface area (Å²) in [4.78, 5) is 27.8. The van der Waals surface area contributed by atoms with Crippen LogP contribution in [0.25, 0.3) is 5.76 Å². The number of ketones is 1. The predicted octanol–water partition coefficient (Wildman–Crippen LogP) is 5.73. The van der Waals surface area contributed by atoms with E-state index in [-0.39, 0.29) is 16.9 Å². The van der Waals surface area contributed by atoms with Crippen molar-refractivity contribution in [3.63, 3.8) is 0 Å². The zero-order chi connectivity index (χ0) is 23.9. The maximum absolute atomic E-state index is 13.7. The SMILES string of the molecule is COc1cc(/C(O)=C2/C(=O)C(=O)N(c3cc(C)cc(C)c3)C2c2ccc(F)cc2)ccc1Cl. The number of nitrogens with zero attached hydrogens (tertiary/aromatic N) is 1. The van der Waals surface area contributed by atoms with E-state index in [1.165, 1.54) is 54.5 Å². The van der Waals surface area contributed by atoms with Gasteiger partial charge in [-0.25, -0.2) is 4.39 Å². The molecule has 3 aromatic rings. The van der Waals surface area contributed by atoms with Crippen molar-refractivity contribution in [3.05, 3.63) is 99.3 Å². The van der Waals surface area contributed by atoms with E-state index in [0.717, 1.165) is 11.1 Å². The van der Waals surface area contributed by atoms with Crippen LogP contribution in [-0.2, 0) is 9.59 Å². The summed E-state index contributed by atoms with van der Waals surface area (Å²) in [6.45, 7) is 3.78. The van der Waals surface area contributed by atoms with Crippen LogP contribution in [0.2, 0.25) is 5.02 Å². The molecule has 0 aromatic heterocycles. The normalized spacial score (nSPS) is 17.5. The number of aliphatic hydroxyl groups is 1. The van der Waals surface area contributed by atoms with E-state index in [2.05, 4.69) is 0 Å². The zero-order valence-electron chi connectivity index (χ0n) is 18.2. The maximum atomic E-state index is 13.7. The van der Waals surface area contributed by atoms with Gasteiger partial charge in [-0.3, -0.25) is 14.5 Å². The van der Waals surface area contributed by atoms with E-state index in [1.807, 2.05) is 19.9 Å². The van der Waals surface area contributed by atoms with Gasteiger partial charge in [-0.05, 0) is 73.0 Å². The Balaban J connectivity index is 1.97. The number of aliphatic hydroxyl groups excluding tert-OH is 1. The fraction of sp³-hybridized carbons (Fsp3) is 0.154. The van der Waals surface area contributed by atoms with Gasteiger partial charge in [0.1, 0.15) is 17.3 Å². The Labute approximate surface area is 195 Å². The number of rotatable bonds is 4. The molecular formula is C26H21ClFNO4. The first kappa shape index (κ1) is 22.6. The van der Waals surface area contributed by atoms with Crippen LogP contribution in [0.15, 0.2) is 66.2 Å². The number of aryl methyl sites for hydroxylation is 2. The minimum atomic E-state index is -0.950. The number of amides is 1. The molecule has 0 aliphatic carbocycles. The number of hydrogen-bond donors (Lipinski definition) is 1. The van der Waals surface area contributed by atoms with Crippen LogP contribution in [0, 0.1) is 19.7 Å². The van der Waals surface area contributed by atoms with E-state index in [9.17, 15) is 19.1 Å². The number of anilines is 1. The quantitative estimate of drug-likeness (QED) is 0.303. The Morgan fingerprint density at radius 2 is 1.64 bits per heavy atom. The number of methoxy groups -OCH3 is 1. The van der Waals surface area contributed by atoms with Crippen LogP contribution in [0.5, 0.6) is 5.75 Å². The van der Waals surface area contributed by atoms with Gasteiger partial charge >= 0.3 is 0 Å². The summed E-state index contributed by atoms with van der Waals surface area (Å²) < 4.78 is 18.9. The van der Waals surface area contributed by atoms with Crippen LogP contribution in [0.4, 0.5) is 10.1 Å². The summed E-state index contributed by atoms with van der Waals surface area (Å²) in [5, 5.41) is 11.5. The third-order valence-corrected chi connectivity index (χ3v) is 5.85. The molecule has 4 rings (SSSR count). The number of ether oxygens (including phenoxy) is 1. The fourth-order valence-electron chi connectivity index (χ4n) is 4.11. The molecule has 1 amide bonds. The number of carbonyl (C=O) groups is 2. The summed E-state index contributed by atoms with van der Waals surface area (Å²) in [6, 6.07) is 14.6. The van der Waals surface area contributed by atoms with Gasteiger partial charge in [0, 0.05) is 11.3 Å². The summed E-state index contributed by atoms with van der Waals surface area (Å²) in [5.74, 6) is -2.14. The second-order valence-corrected chi connectivity index (χ2v) is 8.32. The third kappa shape index (κ3) is 4.10. The molecular weight excluding hydrogens is 445 g/mol. The lowest BCUT2D eigenvalue weighted by Gasteiger charge is -2.26. The van der Waals surface area contributed by atoms with Gasteiger partial charge in [0.25, 0.3) is 11.7 Å². The molecule has 168 valence electrons. The number of halogens is 2. The molecule has 1 fully saturated rings. The van der Waals surface area contributed by atoms with Crippen molar-refractivity contribution in [1.29, 1.82) is 0 Å². The maximum Gasteiger partial charge on any atom is 0.300 e. The van der Waals surface area contributed by atoms with Crippen molar-refractivity contribution >= 4 is 34.7 Å². The van der Waals surface area contributed by atoms with E-state index in [1.54, 1.807) is 12.1 Å². The predicted molar refractivity (Wildman–Crippen MR) is 125 cm³/mol. The number of hydrogen-bond acceptors (Lipinski definition) is 4. The Kier molecular flexibility index (Phi) is 5.95. The van der Waals surface area contributed by atoms with Crippen molar-refractivity contribution in [2.24, 2.45) is 0 Å². The highest BCUT2D eigenvalue weighted by atomic mass is 35.5. The molecule has 1 atom stereocenters. The first-order chi connectivity index (χ1) is 15.7.